The van der Waals surface area contributed by atoms with Crippen LogP contribution in [-0.2, 0) is 6.42 Å². The Bertz CT molecular complexity index is 552. The molecule has 2 N–H and O–H groups in total. The van der Waals surface area contributed by atoms with Gasteiger partial charge >= 0.3 is 0 Å². The molecule has 1 aromatic carbocycles. The summed E-state index contributed by atoms with van der Waals surface area (Å²) in [4.78, 5) is 6.06. The number of benzene rings is 1. The van der Waals surface area contributed by atoms with Crippen LogP contribution in [0.3, 0.4) is 0 Å². The van der Waals surface area contributed by atoms with Crippen LogP contribution >= 0.6 is 0 Å². The van der Waals surface area contributed by atoms with Gasteiger partial charge in [-0.15, -0.1) is 0 Å². The number of aromatic nitrogens is 1. The van der Waals surface area contributed by atoms with Gasteiger partial charge in [-0.05, 0) is 24.0 Å². The number of piperazine rings is 1. The van der Waals surface area contributed by atoms with Gasteiger partial charge in [0.1, 0.15) is 0 Å². The average Bonchev–Trinajstić information content (AvgIpc) is 2.88. The van der Waals surface area contributed by atoms with Gasteiger partial charge in [0, 0.05) is 49.3 Å². The maximum Gasteiger partial charge on any atom is 0.0456 e. The highest BCUT2D eigenvalue weighted by Crippen LogP contribution is 2.23. The Hall–Kier alpha value is -1.32. The Morgan fingerprint density at radius 2 is 1.90 bits per heavy atom. The zero-order valence-electron chi connectivity index (χ0n) is 12.5. The van der Waals surface area contributed by atoms with Crippen molar-refractivity contribution in [1.29, 1.82) is 0 Å². The molecule has 2 heterocycles. The molecule has 1 saturated heterocycles. The quantitative estimate of drug-likeness (QED) is 0.895. The van der Waals surface area contributed by atoms with Crippen LogP contribution in [-0.4, -0.2) is 42.1 Å². The van der Waals surface area contributed by atoms with E-state index in [1.165, 1.54) is 29.6 Å². The molecule has 0 aliphatic carbocycles. The molecule has 0 radical (unpaired) electrons. The van der Waals surface area contributed by atoms with Crippen molar-refractivity contribution in [3.8, 4) is 0 Å². The second kappa shape index (κ2) is 5.98. The molecular formula is C17H25N3. The van der Waals surface area contributed by atoms with E-state index >= 15 is 0 Å². The van der Waals surface area contributed by atoms with Gasteiger partial charge in [0.25, 0.3) is 0 Å². The number of fused-ring (bicyclic) bond motifs is 1. The van der Waals surface area contributed by atoms with Crippen LogP contribution in [0.4, 0.5) is 0 Å². The van der Waals surface area contributed by atoms with E-state index in [1.807, 2.05) is 0 Å². The highest BCUT2D eigenvalue weighted by molar-refractivity contribution is 5.83. The van der Waals surface area contributed by atoms with Gasteiger partial charge in [-0.25, -0.2) is 0 Å². The molecular weight excluding hydrogens is 246 g/mol. The minimum absolute atomic E-state index is 0.635. The average molecular weight is 271 g/mol. The van der Waals surface area contributed by atoms with Crippen LogP contribution in [0.15, 0.2) is 30.5 Å². The van der Waals surface area contributed by atoms with Crippen LogP contribution in [0.1, 0.15) is 19.4 Å². The largest absolute Gasteiger partial charge is 0.361 e. The molecule has 0 spiro atoms. The monoisotopic (exact) mass is 271 g/mol. The molecule has 1 atom stereocenters. The van der Waals surface area contributed by atoms with E-state index in [1.54, 1.807) is 0 Å². The molecule has 1 aliphatic rings. The zero-order chi connectivity index (χ0) is 13.9. The van der Waals surface area contributed by atoms with E-state index in [9.17, 15) is 0 Å². The van der Waals surface area contributed by atoms with Crippen molar-refractivity contribution in [3.05, 3.63) is 36.0 Å². The fraction of sp³-hybridized carbons (Fsp3) is 0.529. The number of hydrogen-bond donors (Lipinski definition) is 2. The van der Waals surface area contributed by atoms with Crippen molar-refractivity contribution in [1.82, 2.24) is 15.2 Å². The first kappa shape index (κ1) is 13.7. The minimum atomic E-state index is 0.635. The van der Waals surface area contributed by atoms with Crippen LogP contribution in [0, 0.1) is 5.92 Å². The summed E-state index contributed by atoms with van der Waals surface area (Å²) in [5, 5.41) is 4.83. The Morgan fingerprint density at radius 3 is 2.65 bits per heavy atom. The number of rotatable bonds is 4. The predicted molar refractivity (Wildman–Crippen MR) is 85.1 cm³/mol. The molecule has 0 bridgehead atoms. The summed E-state index contributed by atoms with van der Waals surface area (Å²) in [5.74, 6) is 0.682. The van der Waals surface area contributed by atoms with Crippen LogP contribution in [0.25, 0.3) is 10.9 Å². The molecule has 2 aromatic rings. The number of aromatic amines is 1. The van der Waals surface area contributed by atoms with Crippen LogP contribution < -0.4 is 5.32 Å². The molecule has 1 aromatic heterocycles. The van der Waals surface area contributed by atoms with Crippen molar-refractivity contribution in [2.24, 2.45) is 5.92 Å². The van der Waals surface area contributed by atoms with E-state index in [2.05, 4.69) is 59.5 Å². The molecule has 3 nitrogen and oxygen atoms in total. The second-order valence-electron chi connectivity index (χ2n) is 6.16. The van der Waals surface area contributed by atoms with Gasteiger partial charge < -0.3 is 10.3 Å². The van der Waals surface area contributed by atoms with E-state index in [0.717, 1.165) is 19.5 Å². The van der Waals surface area contributed by atoms with Gasteiger partial charge in [0.05, 0.1) is 0 Å². The Labute approximate surface area is 121 Å². The zero-order valence-corrected chi connectivity index (χ0v) is 12.5. The number of H-pyrrole nitrogens is 1. The van der Waals surface area contributed by atoms with Crippen molar-refractivity contribution in [2.75, 3.05) is 26.2 Å². The molecule has 1 aliphatic heterocycles. The highest BCUT2D eigenvalue weighted by atomic mass is 15.2. The van der Waals surface area contributed by atoms with Crippen molar-refractivity contribution in [2.45, 2.75) is 26.3 Å². The van der Waals surface area contributed by atoms with E-state index in [-0.39, 0.29) is 0 Å². The summed E-state index contributed by atoms with van der Waals surface area (Å²) in [7, 11) is 0. The fourth-order valence-corrected chi connectivity index (χ4v) is 3.33. The lowest BCUT2D eigenvalue weighted by atomic mass is 9.94. The lowest BCUT2D eigenvalue weighted by molar-refractivity contribution is 0.136. The van der Waals surface area contributed by atoms with Gasteiger partial charge in [-0.3, -0.25) is 4.90 Å². The molecule has 3 rings (SSSR count). The molecule has 3 heteroatoms. The molecule has 1 fully saturated rings. The van der Waals surface area contributed by atoms with Gasteiger partial charge in [-0.1, -0.05) is 32.0 Å². The maximum absolute atomic E-state index is 3.45. The third-order valence-electron chi connectivity index (χ3n) is 4.49. The van der Waals surface area contributed by atoms with Crippen molar-refractivity contribution < 1.29 is 0 Å². The fourth-order valence-electron chi connectivity index (χ4n) is 3.33. The van der Waals surface area contributed by atoms with Crippen molar-refractivity contribution in [3.63, 3.8) is 0 Å². The summed E-state index contributed by atoms with van der Waals surface area (Å²) in [6.45, 7) is 9.29. The standard InChI is InChI=1S/C17H25N3/c1-13(2)17(20-9-7-18-8-10-20)11-14-12-19-16-6-4-3-5-15(14)16/h3-6,12-13,17-19H,7-11H2,1-2H3. The first-order valence-electron chi connectivity index (χ1n) is 7.75. The maximum atomic E-state index is 3.45. The minimum Gasteiger partial charge on any atom is -0.361 e. The predicted octanol–water partition coefficient (Wildman–Crippen LogP) is 2.64. The molecule has 1 unspecified atom stereocenters. The van der Waals surface area contributed by atoms with Crippen LogP contribution in [0.5, 0.6) is 0 Å². The summed E-state index contributed by atoms with van der Waals surface area (Å²) in [5.41, 5.74) is 2.71. The Morgan fingerprint density at radius 1 is 1.15 bits per heavy atom. The van der Waals surface area contributed by atoms with Crippen LogP contribution in [0.2, 0.25) is 0 Å². The van der Waals surface area contributed by atoms with E-state index in [0.29, 0.717) is 12.0 Å². The third-order valence-corrected chi connectivity index (χ3v) is 4.49. The van der Waals surface area contributed by atoms with Gasteiger partial charge in [-0.2, -0.15) is 0 Å². The van der Waals surface area contributed by atoms with E-state index in [4.69, 9.17) is 0 Å². The number of hydrogen-bond acceptors (Lipinski definition) is 2. The summed E-state index contributed by atoms with van der Waals surface area (Å²) in [6.07, 6.45) is 3.34. The molecule has 108 valence electrons. The number of para-hydroxylation sites is 1. The number of nitrogens with one attached hydrogen (secondary N) is 2. The smallest absolute Gasteiger partial charge is 0.0456 e. The lowest BCUT2D eigenvalue weighted by Crippen LogP contribution is -2.50. The molecule has 20 heavy (non-hydrogen) atoms. The van der Waals surface area contributed by atoms with E-state index < -0.39 is 0 Å². The third kappa shape index (κ3) is 2.74. The van der Waals surface area contributed by atoms with Crippen molar-refractivity contribution >= 4 is 10.9 Å². The topological polar surface area (TPSA) is 31.1 Å². The lowest BCUT2D eigenvalue weighted by Gasteiger charge is -2.37. The molecule has 0 saturated carbocycles. The summed E-state index contributed by atoms with van der Waals surface area (Å²) in [6, 6.07) is 9.26. The Kier molecular flexibility index (Phi) is 4.08. The highest BCUT2D eigenvalue weighted by Gasteiger charge is 2.24. The Balaban J connectivity index is 1.82. The first-order chi connectivity index (χ1) is 9.75. The summed E-state index contributed by atoms with van der Waals surface area (Å²) < 4.78 is 0. The summed E-state index contributed by atoms with van der Waals surface area (Å²) >= 11 is 0. The first-order valence-corrected chi connectivity index (χ1v) is 7.75. The number of nitrogens with zero attached hydrogens (tertiary/aromatic N) is 1. The normalized spacial score (nSPS) is 18.8. The second-order valence-corrected chi connectivity index (χ2v) is 6.16. The van der Waals surface area contributed by atoms with Gasteiger partial charge in [0.15, 0.2) is 0 Å². The van der Waals surface area contributed by atoms with Gasteiger partial charge in [0.2, 0.25) is 0 Å². The molecule has 0 amide bonds. The SMILES string of the molecule is CC(C)C(Cc1c[nH]c2ccccc12)N1CCNCC1.